The molecule has 0 spiro atoms. The zero-order chi connectivity index (χ0) is 13.0. The Morgan fingerprint density at radius 3 is 3.11 bits per heavy atom. The molecular formula is C12H20N4O2. The quantitative estimate of drug-likeness (QED) is 0.718. The molecule has 1 fully saturated rings. The molecule has 1 aliphatic rings. The molecule has 1 saturated heterocycles. The van der Waals surface area contributed by atoms with E-state index in [1.54, 1.807) is 0 Å². The van der Waals surface area contributed by atoms with Gasteiger partial charge < -0.3 is 20.4 Å². The third-order valence-corrected chi connectivity index (χ3v) is 2.83. The smallest absolute Gasteiger partial charge is 0.252 e. The van der Waals surface area contributed by atoms with Gasteiger partial charge in [0.2, 0.25) is 0 Å². The molecule has 100 valence electrons. The highest BCUT2D eigenvalue weighted by molar-refractivity contribution is 5.33. The van der Waals surface area contributed by atoms with Crippen molar-refractivity contribution in [2.45, 2.75) is 25.8 Å². The number of nitrogens with zero attached hydrogens (tertiary/aromatic N) is 1. The first kappa shape index (κ1) is 13.0. The van der Waals surface area contributed by atoms with Crippen LogP contribution < -0.4 is 16.2 Å². The fraction of sp³-hybridized carbons (Fsp3) is 0.667. The van der Waals surface area contributed by atoms with Gasteiger partial charge in [-0.3, -0.25) is 4.79 Å². The van der Waals surface area contributed by atoms with Crippen LogP contribution in [0.2, 0.25) is 0 Å². The van der Waals surface area contributed by atoms with E-state index in [9.17, 15) is 4.79 Å². The Labute approximate surface area is 106 Å². The first-order chi connectivity index (χ1) is 8.65. The predicted octanol–water partition coefficient (Wildman–Crippen LogP) is 0.294. The van der Waals surface area contributed by atoms with Crippen LogP contribution in [0.15, 0.2) is 10.9 Å². The maximum atomic E-state index is 11.5. The molecule has 1 aliphatic heterocycles. The van der Waals surface area contributed by atoms with Crippen molar-refractivity contribution in [3.8, 4) is 0 Å². The van der Waals surface area contributed by atoms with Crippen LogP contribution in [0.4, 0.5) is 5.82 Å². The molecule has 6 nitrogen and oxygen atoms in total. The first-order valence-corrected chi connectivity index (χ1v) is 6.31. The SMILES string of the molecule is CC(C)c1nc(NCC2COCCN2)cc(=O)[nH]1. The molecule has 0 saturated carbocycles. The summed E-state index contributed by atoms with van der Waals surface area (Å²) in [5, 5.41) is 6.52. The van der Waals surface area contributed by atoms with Crippen LogP contribution in [0.1, 0.15) is 25.6 Å². The predicted molar refractivity (Wildman–Crippen MR) is 70.0 cm³/mol. The summed E-state index contributed by atoms with van der Waals surface area (Å²) < 4.78 is 5.37. The van der Waals surface area contributed by atoms with E-state index in [2.05, 4.69) is 20.6 Å². The van der Waals surface area contributed by atoms with Crippen LogP contribution >= 0.6 is 0 Å². The molecule has 2 rings (SSSR count). The first-order valence-electron chi connectivity index (χ1n) is 6.31. The van der Waals surface area contributed by atoms with Crippen LogP contribution in [0.3, 0.4) is 0 Å². The van der Waals surface area contributed by atoms with Gasteiger partial charge in [-0.05, 0) is 0 Å². The van der Waals surface area contributed by atoms with Gasteiger partial charge in [0.05, 0.1) is 13.2 Å². The maximum Gasteiger partial charge on any atom is 0.252 e. The fourth-order valence-corrected chi connectivity index (χ4v) is 1.82. The molecule has 0 radical (unpaired) electrons. The Morgan fingerprint density at radius 1 is 1.61 bits per heavy atom. The molecule has 1 aromatic heterocycles. The van der Waals surface area contributed by atoms with Crippen LogP contribution in [-0.2, 0) is 4.74 Å². The molecule has 1 atom stereocenters. The highest BCUT2D eigenvalue weighted by Gasteiger charge is 2.13. The minimum atomic E-state index is -0.121. The van der Waals surface area contributed by atoms with Gasteiger partial charge in [0, 0.05) is 31.1 Å². The molecule has 3 N–H and O–H groups in total. The Kier molecular flexibility index (Phi) is 4.33. The zero-order valence-electron chi connectivity index (χ0n) is 10.8. The number of aromatic nitrogens is 2. The number of hydrogen-bond donors (Lipinski definition) is 3. The monoisotopic (exact) mass is 252 g/mol. The summed E-state index contributed by atoms with van der Waals surface area (Å²) in [5.41, 5.74) is -0.121. The van der Waals surface area contributed by atoms with Gasteiger partial charge in [0.1, 0.15) is 11.6 Å². The topological polar surface area (TPSA) is 79.0 Å². The van der Waals surface area contributed by atoms with Crippen molar-refractivity contribution in [3.63, 3.8) is 0 Å². The van der Waals surface area contributed by atoms with E-state index in [0.29, 0.717) is 24.8 Å². The van der Waals surface area contributed by atoms with E-state index in [1.165, 1.54) is 6.07 Å². The van der Waals surface area contributed by atoms with Gasteiger partial charge in [-0.1, -0.05) is 13.8 Å². The second-order valence-electron chi connectivity index (χ2n) is 4.78. The van der Waals surface area contributed by atoms with Crippen molar-refractivity contribution >= 4 is 5.82 Å². The van der Waals surface area contributed by atoms with Crippen molar-refractivity contribution in [2.75, 3.05) is 31.6 Å². The summed E-state index contributed by atoms with van der Waals surface area (Å²) in [6, 6.07) is 1.75. The average molecular weight is 252 g/mol. The summed E-state index contributed by atoms with van der Waals surface area (Å²) in [6.07, 6.45) is 0. The van der Waals surface area contributed by atoms with Crippen molar-refractivity contribution in [1.82, 2.24) is 15.3 Å². The van der Waals surface area contributed by atoms with Gasteiger partial charge in [0.15, 0.2) is 0 Å². The van der Waals surface area contributed by atoms with E-state index in [1.807, 2.05) is 13.8 Å². The molecule has 1 unspecified atom stereocenters. The largest absolute Gasteiger partial charge is 0.378 e. The van der Waals surface area contributed by atoms with E-state index < -0.39 is 0 Å². The van der Waals surface area contributed by atoms with Gasteiger partial charge in [-0.15, -0.1) is 0 Å². The normalized spacial score (nSPS) is 20.1. The second kappa shape index (κ2) is 5.97. The lowest BCUT2D eigenvalue weighted by Crippen LogP contribution is -2.45. The molecule has 6 heteroatoms. The minimum Gasteiger partial charge on any atom is -0.378 e. The van der Waals surface area contributed by atoms with Gasteiger partial charge in [-0.25, -0.2) is 4.98 Å². The van der Waals surface area contributed by atoms with Crippen LogP contribution in [-0.4, -0.2) is 42.3 Å². The standard InChI is InChI=1S/C12H20N4O2/c1-8(2)12-15-10(5-11(17)16-12)14-6-9-7-18-4-3-13-9/h5,8-9,13H,3-4,6-7H2,1-2H3,(H2,14,15,16,17). The average Bonchev–Trinajstić information content (AvgIpc) is 2.37. The number of ether oxygens (including phenoxy) is 1. The third-order valence-electron chi connectivity index (χ3n) is 2.83. The number of H-pyrrole nitrogens is 1. The zero-order valence-corrected chi connectivity index (χ0v) is 10.8. The van der Waals surface area contributed by atoms with E-state index >= 15 is 0 Å². The summed E-state index contributed by atoms with van der Waals surface area (Å²) in [7, 11) is 0. The van der Waals surface area contributed by atoms with Gasteiger partial charge >= 0.3 is 0 Å². The van der Waals surface area contributed by atoms with E-state index in [4.69, 9.17) is 4.74 Å². The molecule has 18 heavy (non-hydrogen) atoms. The molecule has 0 amide bonds. The molecule has 0 bridgehead atoms. The molecule has 2 heterocycles. The minimum absolute atomic E-state index is 0.121. The van der Waals surface area contributed by atoms with E-state index in [-0.39, 0.29) is 17.5 Å². The Hall–Kier alpha value is -1.40. The van der Waals surface area contributed by atoms with Crippen LogP contribution in [0, 0.1) is 0 Å². The lowest BCUT2D eigenvalue weighted by Gasteiger charge is -2.24. The van der Waals surface area contributed by atoms with Crippen molar-refractivity contribution in [1.29, 1.82) is 0 Å². The molecular weight excluding hydrogens is 232 g/mol. The molecule has 0 aromatic carbocycles. The number of rotatable bonds is 4. The fourth-order valence-electron chi connectivity index (χ4n) is 1.82. The number of nitrogens with one attached hydrogen (secondary N) is 3. The highest BCUT2D eigenvalue weighted by atomic mass is 16.5. The summed E-state index contributed by atoms with van der Waals surface area (Å²) in [6.45, 7) is 7.02. The Balaban J connectivity index is 1.97. The van der Waals surface area contributed by atoms with Gasteiger partial charge in [0.25, 0.3) is 5.56 Å². The van der Waals surface area contributed by atoms with Crippen molar-refractivity contribution in [2.24, 2.45) is 0 Å². The van der Waals surface area contributed by atoms with Crippen LogP contribution in [0.25, 0.3) is 0 Å². The summed E-state index contributed by atoms with van der Waals surface area (Å²) in [4.78, 5) is 18.6. The van der Waals surface area contributed by atoms with Crippen molar-refractivity contribution in [3.05, 3.63) is 22.2 Å². The number of morpholine rings is 1. The molecule has 0 aliphatic carbocycles. The number of aromatic amines is 1. The lowest BCUT2D eigenvalue weighted by atomic mass is 10.2. The number of anilines is 1. The third kappa shape index (κ3) is 3.54. The molecule has 1 aromatic rings. The van der Waals surface area contributed by atoms with Crippen molar-refractivity contribution < 1.29 is 4.74 Å². The van der Waals surface area contributed by atoms with E-state index in [0.717, 1.165) is 13.2 Å². The Morgan fingerprint density at radius 2 is 2.44 bits per heavy atom. The van der Waals surface area contributed by atoms with Gasteiger partial charge in [-0.2, -0.15) is 0 Å². The lowest BCUT2D eigenvalue weighted by molar-refractivity contribution is 0.0806. The Bertz CT molecular complexity index is 438. The highest BCUT2D eigenvalue weighted by Crippen LogP contribution is 2.09. The van der Waals surface area contributed by atoms with Crippen LogP contribution in [0.5, 0.6) is 0 Å². The number of hydrogen-bond acceptors (Lipinski definition) is 5. The summed E-state index contributed by atoms with van der Waals surface area (Å²) in [5.74, 6) is 1.53. The second-order valence-corrected chi connectivity index (χ2v) is 4.78. The maximum absolute atomic E-state index is 11.5. The summed E-state index contributed by atoms with van der Waals surface area (Å²) >= 11 is 0.